The maximum absolute atomic E-state index is 12.9. The van der Waals surface area contributed by atoms with Crippen molar-refractivity contribution in [3.05, 3.63) is 35.1 Å². The second kappa shape index (κ2) is 5.01. The number of halogens is 1. The summed E-state index contributed by atoms with van der Waals surface area (Å²) in [6, 6.07) is 5.89. The van der Waals surface area contributed by atoms with Crippen LogP contribution in [-0.4, -0.2) is 6.54 Å². The lowest BCUT2D eigenvalue weighted by Gasteiger charge is -1.93. The summed E-state index contributed by atoms with van der Waals surface area (Å²) in [4.78, 5) is 0. The van der Waals surface area contributed by atoms with Crippen LogP contribution in [0.4, 0.5) is 4.39 Å². The van der Waals surface area contributed by atoms with Crippen LogP contribution in [0.15, 0.2) is 18.2 Å². The third-order valence-corrected chi connectivity index (χ3v) is 1.53. The Bertz CT molecular complexity index is 421. The molecule has 1 rings (SSSR count). The number of rotatable bonds is 1. The van der Waals surface area contributed by atoms with Gasteiger partial charge in [0, 0.05) is 18.5 Å². The van der Waals surface area contributed by atoms with E-state index in [0.717, 1.165) is 0 Å². The highest BCUT2D eigenvalue weighted by molar-refractivity contribution is 5.42. The molecule has 0 radical (unpaired) electrons. The maximum Gasteiger partial charge on any atom is 0.125 e. The molecule has 3 heteroatoms. The van der Waals surface area contributed by atoms with Gasteiger partial charge in [-0.2, -0.15) is 5.26 Å². The minimum atomic E-state index is -0.443. The Morgan fingerprint density at radius 3 is 2.64 bits per heavy atom. The summed E-state index contributed by atoms with van der Waals surface area (Å²) in [7, 11) is 0. The Morgan fingerprint density at radius 2 is 2.00 bits per heavy atom. The average Bonchev–Trinajstić information content (AvgIpc) is 2.17. The van der Waals surface area contributed by atoms with Crippen LogP contribution in [0.25, 0.3) is 0 Å². The molecule has 0 saturated heterocycles. The molecule has 0 atom stereocenters. The summed E-state index contributed by atoms with van der Waals surface area (Å²) in [5, 5.41) is 8.57. The van der Waals surface area contributed by atoms with E-state index >= 15 is 0 Å². The Labute approximate surface area is 82.2 Å². The van der Waals surface area contributed by atoms with E-state index in [-0.39, 0.29) is 5.56 Å². The Hall–Kier alpha value is -1.84. The molecule has 0 heterocycles. The highest BCUT2D eigenvalue weighted by Gasteiger charge is 1.97. The minimum absolute atomic E-state index is 0.280. The second-order valence-electron chi connectivity index (χ2n) is 2.68. The molecule has 0 aromatic heterocycles. The van der Waals surface area contributed by atoms with E-state index in [9.17, 15) is 4.39 Å². The normalized spacial score (nSPS) is 8.64. The van der Waals surface area contributed by atoms with E-state index in [4.69, 9.17) is 11.0 Å². The van der Waals surface area contributed by atoms with Gasteiger partial charge in [-0.3, -0.25) is 0 Å². The van der Waals surface area contributed by atoms with E-state index < -0.39 is 5.82 Å². The molecule has 0 aliphatic heterocycles. The molecule has 70 valence electrons. The molecule has 2 N–H and O–H groups in total. The van der Waals surface area contributed by atoms with Crippen LogP contribution in [0.3, 0.4) is 0 Å². The Morgan fingerprint density at radius 1 is 1.29 bits per heavy atom. The molecular formula is C11H9FN2. The number of hydrogen-bond acceptors (Lipinski definition) is 2. The van der Waals surface area contributed by atoms with Gasteiger partial charge in [-0.05, 0) is 18.2 Å². The second-order valence-corrected chi connectivity index (χ2v) is 2.68. The predicted molar refractivity (Wildman–Crippen MR) is 51.7 cm³/mol. The number of nitrogens with zero attached hydrogens (tertiary/aromatic N) is 1. The van der Waals surface area contributed by atoms with Crippen molar-refractivity contribution in [2.75, 3.05) is 6.54 Å². The monoisotopic (exact) mass is 188 g/mol. The van der Waals surface area contributed by atoms with Crippen LogP contribution >= 0.6 is 0 Å². The summed E-state index contributed by atoms with van der Waals surface area (Å²) in [6.45, 7) is 0.480. The first-order valence-electron chi connectivity index (χ1n) is 4.16. The lowest BCUT2D eigenvalue weighted by molar-refractivity contribution is 0.627. The van der Waals surface area contributed by atoms with E-state index in [1.54, 1.807) is 6.07 Å². The molecule has 0 aliphatic carbocycles. The van der Waals surface area contributed by atoms with Gasteiger partial charge in [0.1, 0.15) is 5.82 Å². The van der Waals surface area contributed by atoms with Crippen molar-refractivity contribution >= 4 is 0 Å². The molecular weight excluding hydrogens is 179 g/mol. The van der Waals surface area contributed by atoms with Crippen LogP contribution < -0.4 is 5.73 Å². The first-order chi connectivity index (χ1) is 6.76. The zero-order valence-corrected chi connectivity index (χ0v) is 7.55. The quantitative estimate of drug-likeness (QED) is 0.677. The molecule has 1 aromatic rings. The van der Waals surface area contributed by atoms with Gasteiger partial charge in [0.05, 0.1) is 11.6 Å². The Kier molecular flexibility index (Phi) is 3.67. The zero-order chi connectivity index (χ0) is 10.4. The molecule has 0 amide bonds. The number of hydrogen-bond donors (Lipinski definition) is 1. The average molecular weight is 188 g/mol. The van der Waals surface area contributed by atoms with Crippen molar-refractivity contribution in [2.24, 2.45) is 5.73 Å². The molecule has 2 nitrogen and oxygen atoms in total. The lowest BCUT2D eigenvalue weighted by atomic mass is 10.1. The fourth-order valence-electron chi connectivity index (χ4n) is 0.963. The number of benzene rings is 1. The summed E-state index contributed by atoms with van der Waals surface area (Å²) < 4.78 is 12.9. The van der Waals surface area contributed by atoms with Gasteiger partial charge < -0.3 is 5.73 Å². The van der Waals surface area contributed by atoms with Crippen LogP contribution in [0.5, 0.6) is 0 Å². The van der Waals surface area contributed by atoms with E-state index in [0.29, 0.717) is 18.5 Å². The Balaban J connectivity index is 2.95. The third kappa shape index (κ3) is 2.90. The molecule has 14 heavy (non-hydrogen) atoms. The molecule has 0 bridgehead atoms. The predicted octanol–water partition coefficient (Wildman–Crippen LogP) is 1.40. The molecule has 0 spiro atoms. The molecule has 0 saturated carbocycles. The van der Waals surface area contributed by atoms with E-state index in [1.165, 1.54) is 12.1 Å². The first kappa shape index (κ1) is 10.2. The largest absolute Gasteiger partial charge is 0.330 e. The smallest absolute Gasteiger partial charge is 0.125 e. The van der Waals surface area contributed by atoms with Crippen molar-refractivity contribution in [1.29, 1.82) is 5.26 Å². The maximum atomic E-state index is 12.9. The fourth-order valence-corrected chi connectivity index (χ4v) is 0.963. The molecule has 0 aliphatic rings. The standard InChI is InChI=1S/C11H9FN2/c12-11-6-9(3-1-2-4-13)5-10(7-11)8-14/h5-7H,2,4,13H2. The van der Waals surface area contributed by atoms with Gasteiger partial charge in [-0.15, -0.1) is 0 Å². The fraction of sp³-hybridized carbons (Fsp3) is 0.182. The number of nitrogens with two attached hydrogens (primary N) is 1. The zero-order valence-electron chi connectivity index (χ0n) is 7.55. The third-order valence-electron chi connectivity index (χ3n) is 1.53. The van der Waals surface area contributed by atoms with Crippen molar-refractivity contribution in [3.63, 3.8) is 0 Å². The SMILES string of the molecule is N#Cc1cc(F)cc(C#CCCN)c1. The van der Waals surface area contributed by atoms with Gasteiger partial charge in [0.2, 0.25) is 0 Å². The van der Waals surface area contributed by atoms with Gasteiger partial charge in [0.25, 0.3) is 0 Å². The lowest BCUT2D eigenvalue weighted by Crippen LogP contribution is -1.95. The van der Waals surface area contributed by atoms with Crippen LogP contribution in [-0.2, 0) is 0 Å². The summed E-state index contributed by atoms with van der Waals surface area (Å²) in [5.74, 6) is 5.08. The summed E-state index contributed by atoms with van der Waals surface area (Å²) in [5.41, 5.74) is 6.04. The van der Waals surface area contributed by atoms with E-state index in [2.05, 4.69) is 11.8 Å². The van der Waals surface area contributed by atoms with Crippen LogP contribution in [0.1, 0.15) is 17.5 Å². The molecule has 1 aromatic carbocycles. The van der Waals surface area contributed by atoms with Crippen LogP contribution in [0, 0.1) is 29.0 Å². The highest BCUT2D eigenvalue weighted by atomic mass is 19.1. The molecule has 0 fully saturated rings. The summed E-state index contributed by atoms with van der Waals surface area (Å²) >= 11 is 0. The first-order valence-corrected chi connectivity index (χ1v) is 4.16. The molecule has 0 unspecified atom stereocenters. The van der Waals surface area contributed by atoms with Crippen molar-refractivity contribution in [1.82, 2.24) is 0 Å². The summed E-state index contributed by atoms with van der Waals surface area (Å²) in [6.07, 6.45) is 0.568. The van der Waals surface area contributed by atoms with Gasteiger partial charge in [-0.25, -0.2) is 4.39 Å². The van der Waals surface area contributed by atoms with Crippen molar-refractivity contribution < 1.29 is 4.39 Å². The van der Waals surface area contributed by atoms with Gasteiger partial charge in [0.15, 0.2) is 0 Å². The van der Waals surface area contributed by atoms with Crippen molar-refractivity contribution in [3.8, 4) is 17.9 Å². The van der Waals surface area contributed by atoms with Crippen molar-refractivity contribution in [2.45, 2.75) is 6.42 Å². The van der Waals surface area contributed by atoms with Crippen LogP contribution in [0.2, 0.25) is 0 Å². The van der Waals surface area contributed by atoms with Gasteiger partial charge in [-0.1, -0.05) is 11.8 Å². The topological polar surface area (TPSA) is 49.8 Å². The van der Waals surface area contributed by atoms with Gasteiger partial charge >= 0.3 is 0 Å². The highest BCUT2D eigenvalue weighted by Crippen LogP contribution is 2.07. The number of nitriles is 1. The van der Waals surface area contributed by atoms with E-state index in [1.807, 2.05) is 6.07 Å². The minimum Gasteiger partial charge on any atom is -0.330 e.